The van der Waals surface area contributed by atoms with Gasteiger partial charge in [0, 0.05) is 16.8 Å². The van der Waals surface area contributed by atoms with Crippen molar-refractivity contribution < 1.29 is 0 Å². The molecule has 1 saturated carbocycles. The van der Waals surface area contributed by atoms with Crippen LogP contribution < -0.4 is 21.3 Å². The van der Waals surface area contributed by atoms with Gasteiger partial charge in [0.1, 0.15) is 0 Å². The van der Waals surface area contributed by atoms with Crippen molar-refractivity contribution in [3.05, 3.63) is 205 Å². The lowest BCUT2D eigenvalue weighted by Crippen LogP contribution is -2.58. The normalized spacial score (nSPS) is 21.0. The standard InChI is InChI=1S/C71H76BN/c1-43-30-46(4)66-62(33-43)70(13)28-18-19-29-71(70,14)73(66)54-25-27-63-60(40-54)57(55-26-24-52(34-45(55)3)67(5,6)7)36-49-31-44(2)32-61-58(59-37-50-41-69(11,12)42-51(50)38-64(59)72(63)65(49)61)35-48-22-23-53(68(8,9)10)39-56(48)47-20-16-15-17-21-47/h15-17,20-27,30-40H,18-19,28-29,41-42H2,1-14H3/b58-35+. The summed E-state index contributed by atoms with van der Waals surface area (Å²) in [6.07, 6.45) is 12.3. The van der Waals surface area contributed by atoms with Crippen molar-refractivity contribution in [3.8, 4) is 11.1 Å². The number of fused-ring (bicyclic) bond motifs is 8. The fourth-order valence-corrected chi connectivity index (χ4v) is 14.7. The third kappa shape index (κ3) is 7.54. The summed E-state index contributed by atoms with van der Waals surface area (Å²) >= 11 is 0. The third-order valence-corrected chi connectivity index (χ3v) is 18.7. The highest BCUT2D eigenvalue weighted by Gasteiger charge is 2.58. The van der Waals surface area contributed by atoms with Crippen LogP contribution in [0.1, 0.15) is 178 Å². The van der Waals surface area contributed by atoms with Crippen LogP contribution in [0.4, 0.5) is 11.4 Å². The van der Waals surface area contributed by atoms with Gasteiger partial charge in [0.15, 0.2) is 0 Å². The van der Waals surface area contributed by atoms with Crippen molar-refractivity contribution in [1.29, 1.82) is 0 Å². The van der Waals surface area contributed by atoms with E-state index in [9.17, 15) is 0 Å². The number of aryl methyl sites for hydroxylation is 4. The van der Waals surface area contributed by atoms with E-state index >= 15 is 0 Å². The van der Waals surface area contributed by atoms with Gasteiger partial charge in [-0.2, -0.15) is 0 Å². The van der Waals surface area contributed by atoms with Crippen molar-refractivity contribution in [3.63, 3.8) is 0 Å². The molecule has 0 radical (unpaired) electrons. The van der Waals surface area contributed by atoms with Crippen molar-refractivity contribution in [2.24, 2.45) is 5.41 Å². The highest BCUT2D eigenvalue weighted by Crippen LogP contribution is 2.62. The maximum atomic E-state index is 2.83. The summed E-state index contributed by atoms with van der Waals surface area (Å²) in [5.41, 5.74) is 33.2. The third-order valence-electron chi connectivity index (χ3n) is 18.7. The SMILES string of the molecule is Cc1cc2c3c(c1)/C(=C/c1ccc(C(C)(C)C)cc1-c1ccccc1)c1cc4c(cc1B3c1ccc(N3c5c(C)cc(C)cc5C5(C)CCCCC35C)cc1C(c1ccc(C(C)(C)C)cc1C)=C2)CC(C)(C)C4. The summed E-state index contributed by atoms with van der Waals surface area (Å²) in [7, 11) is 0. The molecule has 0 saturated heterocycles. The minimum atomic E-state index is -0.0549. The summed E-state index contributed by atoms with van der Waals surface area (Å²) in [5.74, 6) is 0. The molecule has 2 atom stereocenters. The first-order valence-electron chi connectivity index (χ1n) is 27.7. The van der Waals surface area contributed by atoms with Gasteiger partial charge in [-0.25, -0.2) is 0 Å². The first kappa shape index (κ1) is 47.9. The average Bonchev–Trinajstić information content (AvgIpc) is 3.71. The molecule has 0 aromatic heterocycles. The molecule has 3 heterocycles. The number of benzene rings is 7. The molecule has 7 aromatic rings. The van der Waals surface area contributed by atoms with E-state index in [0.717, 1.165) is 12.8 Å². The Morgan fingerprint density at radius 2 is 1.25 bits per heavy atom. The van der Waals surface area contributed by atoms with Gasteiger partial charge in [0.25, 0.3) is 0 Å². The molecule has 1 nitrogen and oxygen atoms in total. The van der Waals surface area contributed by atoms with Crippen LogP contribution in [0, 0.1) is 33.1 Å². The highest BCUT2D eigenvalue weighted by molar-refractivity contribution is 6.98. The molecule has 0 N–H and O–H groups in total. The van der Waals surface area contributed by atoms with Gasteiger partial charge in [0.05, 0.1) is 5.54 Å². The summed E-state index contributed by atoms with van der Waals surface area (Å²) in [6, 6.07) is 48.7. The largest absolute Gasteiger partial charge is 0.334 e. The van der Waals surface area contributed by atoms with Gasteiger partial charge >= 0.3 is 0 Å². The van der Waals surface area contributed by atoms with Crippen LogP contribution in [-0.4, -0.2) is 12.3 Å². The van der Waals surface area contributed by atoms with E-state index in [0.29, 0.717) is 0 Å². The average molecular weight is 954 g/mol. The molecule has 1 fully saturated rings. The van der Waals surface area contributed by atoms with Crippen LogP contribution in [0.2, 0.25) is 0 Å². The Balaban J connectivity index is 1.16. The van der Waals surface area contributed by atoms with Gasteiger partial charge in [-0.3, -0.25) is 0 Å². The summed E-state index contributed by atoms with van der Waals surface area (Å²) in [4.78, 5) is 2.83. The van der Waals surface area contributed by atoms with E-state index in [-0.39, 0.29) is 33.9 Å². The second kappa shape index (κ2) is 16.4. The quantitative estimate of drug-likeness (QED) is 0.159. The van der Waals surface area contributed by atoms with Crippen molar-refractivity contribution in [2.45, 2.75) is 157 Å². The Labute approximate surface area is 439 Å². The molecule has 12 rings (SSSR count). The lowest BCUT2D eigenvalue weighted by atomic mass is 9.32. The van der Waals surface area contributed by atoms with Gasteiger partial charge in [-0.15, -0.1) is 0 Å². The molecule has 73 heavy (non-hydrogen) atoms. The van der Waals surface area contributed by atoms with Crippen LogP contribution in [0.5, 0.6) is 0 Å². The highest BCUT2D eigenvalue weighted by atomic mass is 15.3. The molecule has 2 aliphatic carbocycles. The van der Waals surface area contributed by atoms with Crippen LogP contribution in [0.3, 0.4) is 0 Å². The van der Waals surface area contributed by atoms with E-state index in [2.05, 4.69) is 235 Å². The van der Waals surface area contributed by atoms with Gasteiger partial charge in [-0.05, 0) is 201 Å². The van der Waals surface area contributed by atoms with E-state index in [1.54, 1.807) is 5.56 Å². The number of anilines is 2. The number of rotatable bonds is 4. The molecular formula is C71H76BN. The van der Waals surface area contributed by atoms with Gasteiger partial charge in [-0.1, -0.05) is 206 Å². The van der Waals surface area contributed by atoms with Gasteiger partial charge in [0.2, 0.25) is 6.71 Å². The zero-order valence-corrected chi connectivity index (χ0v) is 46.5. The monoisotopic (exact) mass is 954 g/mol. The molecule has 2 heteroatoms. The van der Waals surface area contributed by atoms with Crippen LogP contribution in [-0.2, 0) is 29.1 Å². The first-order valence-corrected chi connectivity index (χ1v) is 27.7. The topological polar surface area (TPSA) is 3.24 Å². The second-order valence-corrected chi connectivity index (χ2v) is 26.7. The molecule has 0 spiro atoms. The van der Waals surface area contributed by atoms with Crippen LogP contribution >= 0.6 is 0 Å². The van der Waals surface area contributed by atoms with Crippen molar-refractivity contribution in [1.82, 2.24) is 0 Å². The maximum Gasteiger partial charge on any atom is 0.244 e. The van der Waals surface area contributed by atoms with E-state index in [1.165, 1.54) is 154 Å². The Morgan fingerprint density at radius 3 is 1.97 bits per heavy atom. The van der Waals surface area contributed by atoms with Crippen molar-refractivity contribution >= 4 is 57.8 Å². The number of nitrogens with zero attached hydrogens (tertiary/aromatic N) is 1. The number of hydrogen-bond donors (Lipinski definition) is 0. The molecule has 2 unspecified atom stereocenters. The summed E-state index contributed by atoms with van der Waals surface area (Å²) in [6.45, 7) is 33.5. The fourth-order valence-electron chi connectivity index (χ4n) is 14.7. The Morgan fingerprint density at radius 1 is 0.562 bits per heavy atom. The van der Waals surface area contributed by atoms with E-state index in [4.69, 9.17) is 0 Å². The van der Waals surface area contributed by atoms with Gasteiger partial charge < -0.3 is 4.90 Å². The maximum absolute atomic E-state index is 2.83. The van der Waals surface area contributed by atoms with Crippen molar-refractivity contribution in [2.75, 3.05) is 4.90 Å². The predicted octanol–water partition coefficient (Wildman–Crippen LogP) is 16.4. The first-order chi connectivity index (χ1) is 34.5. The minimum Gasteiger partial charge on any atom is -0.334 e. The Bertz CT molecular complexity index is 3530. The predicted molar refractivity (Wildman–Crippen MR) is 317 cm³/mol. The van der Waals surface area contributed by atoms with E-state index in [1.807, 2.05) is 0 Å². The van der Waals surface area contributed by atoms with Crippen LogP contribution in [0.15, 0.2) is 121 Å². The molecule has 0 bridgehead atoms. The summed E-state index contributed by atoms with van der Waals surface area (Å²) in [5, 5.41) is 0. The fraction of sp³-hybridized carbons (Fsp3) is 0.352. The molecule has 5 aliphatic rings. The minimum absolute atomic E-state index is 0.0214. The Hall–Kier alpha value is -6.12. The summed E-state index contributed by atoms with van der Waals surface area (Å²) < 4.78 is 0. The smallest absolute Gasteiger partial charge is 0.244 e. The second-order valence-electron chi connectivity index (χ2n) is 26.7. The lowest BCUT2D eigenvalue weighted by Gasteiger charge is -2.50. The zero-order valence-electron chi connectivity index (χ0n) is 46.5. The number of hydrogen-bond acceptors (Lipinski definition) is 1. The molecule has 3 aliphatic heterocycles. The van der Waals surface area contributed by atoms with Crippen LogP contribution in [0.25, 0.3) is 34.4 Å². The molecule has 0 amide bonds. The molecule has 368 valence electrons. The molecule has 7 aromatic carbocycles. The lowest BCUT2D eigenvalue weighted by molar-refractivity contribution is 0.195. The molecular weight excluding hydrogens is 878 g/mol. The Kier molecular flexibility index (Phi) is 10.8. The zero-order chi connectivity index (χ0) is 51.3. The van der Waals surface area contributed by atoms with E-state index < -0.39 is 0 Å².